The minimum atomic E-state index is 0.627. The summed E-state index contributed by atoms with van der Waals surface area (Å²) in [5.74, 6) is 1.92. The topological polar surface area (TPSA) is 51.8 Å². The van der Waals surface area contributed by atoms with Crippen LogP contribution in [0.25, 0.3) is 77.6 Å². The molecule has 6 aromatic carbocycles. The van der Waals surface area contributed by atoms with Crippen LogP contribution in [0.1, 0.15) is 0 Å². The maximum atomic E-state index is 6.33. The molecule has 8 aromatic rings. The zero-order valence-corrected chi connectivity index (χ0v) is 20.9. The van der Waals surface area contributed by atoms with E-state index in [0.29, 0.717) is 17.5 Å². The molecule has 0 unspecified atom stereocenters. The minimum Gasteiger partial charge on any atom is -0.455 e. The SMILES string of the molecule is c1ccc(-c2nc(-c3ccc4ccccc4c3)nc(-c3ccc4ccc5c6ccccc6oc5c4c3)n2)cc1. The van der Waals surface area contributed by atoms with Gasteiger partial charge in [-0.1, -0.05) is 103 Å². The Morgan fingerprint density at radius 2 is 1.00 bits per heavy atom. The van der Waals surface area contributed by atoms with Crippen molar-refractivity contribution in [1.82, 2.24) is 15.0 Å². The number of rotatable bonds is 3. The van der Waals surface area contributed by atoms with Crippen molar-refractivity contribution in [3.63, 3.8) is 0 Å². The molecule has 2 aromatic heterocycles. The third-order valence-corrected chi connectivity index (χ3v) is 7.29. The van der Waals surface area contributed by atoms with Crippen LogP contribution >= 0.6 is 0 Å². The second-order valence-electron chi connectivity index (χ2n) is 9.71. The van der Waals surface area contributed by atoms with E-state index >= 15 is 0 Å². The number of benzene rings is 6. The smallest absolute Gasteiger partial charge is 0.164 e. The summed E-state index contributed by atoms with van der Waals surface area (Å²) in [6.07, 6.45) is 0. The van der Waals surface area contributed by atoms with Gasteiger partial charge < -0.3 is 4.42 Å². The second kappa shape index (κ2) is 8.61. The Balaban J connectivity index is 1.36. The molecule has 4 nitrogen and oxygen atoms in total. The van der Waals surface area contributed by atoms with Crippen LogP contribution in [0.15, 0.2) is 132 Å². The van der Waals surface area contributed by atoms with Crippen molar-refractivity contribution in [3.8, 4) is 34.2 Å². The van der Waals surface area contributed by atoms with E-state index in [4.69, 9.17) is 19.4 Å². The number of para-hydroxylation sites is 1. The molecule has 0 bridgehead atoms. The van der Waals surface area contributed by atoms with Gasteiger partial charge in [-0.25, -0.2) is 15.0 Å². The number of nitrogens with zero attached hydrogens (tertiary/aromatic N) is 3. The molecule has 0 spiro atoms. The quantitative estimate of drug-likeness (QED) is 0.243. The highest BCUT2D eigenvalue weighted by atomic mass is 16.3. The molecule has 0 saturated carbocycles. The van der Waals surface area contributed by atoms with Crippen molar-refractivity contribution in [3.05, 3.63) is 127 Å². The van der Waals surface area contributed by atoms with Crippen molar-refractivity contribution in [2.75, 3.05) is 0 Å². The number of fused-ring (bicyclic) bond motifs is 6. The third kappa shape index (κ3) is 3.65. The van der Waals surface area contributed by atoms with E-state index in [0.717, 1.165) is 54.8 Å². The predicted octanol–water partition coefficient (Wildman–Crippen LogP) is 9.08. The van der Waals surface area contributed by atoms with Gasteiger partial charge in [-0.2, -0.15) is 0 Å². The number of hydrogen-bond acceptors (Lipinski definition) is 4. The third-order valence-electron chi connectivity index (χ3n) is 7.29. The highest BCUT2D eigenvalue weighted by Crippen LogP contribution is 2.36. The van der Waals surface area contributed by atoms with Gasteiger partial charge in [0.1, 0.15) is 11.2 Å². The van der Waals surface area contributed by atoms with Gasteiger partial charge >= 0.3 is 0 Å². The van der Waals surface area contributed by atoms with Crippen LogP contribution in [0.3, 0.4) is 0 Å². The Kier molecular flexibility index (Phi) is 4.79. The summed E-state index contributed by atoms with van der Waals surface area (Å²) < 4.78 is 6.33. The van der Waals surface area contributed by atoms with Crippen molar-refractivity contribution >= 4 is 43.5 Å². The molecule has 0 aliphatic heterocycles. The normalized spacial score (nSPS) is 11.6. The molecule has 0 atom stereocenters. The van der Waals surface area contributed by atoms with Gasteiger partial charge in [-0.3, -0.25) is 0 Å². The lowest BCUT2D eigenvalue weighted by Gasteiger charge is -2.10. The zero-order valence-electron chi connectivity index (χ0n) is 20.9. The van der Waals surface area contributed by atoms with Gasteiger partial charge in [0, 0.05) is 32.8 Å². The molecular weight excluding hydrogens is 478 g/mol. The first kappa shape index (κ1) is 21.7. The highest BCUT2D eigenvalue weighted by Gasteiger charge is 2.15. The molecule has 0 fully saturated rings. The summed E-state index contributed by atoms with van der Waals surface area (Å²) in [5, 5.41) is 6.70. The van der Waals surface area contributed by atoms with E-state index in [2.05, 4.69) is 72.8 Å². The van der Waals surface area contributed by atoms with E-state index in [1.54, 1.807) is 0 Å². The molecule has 8 rings (SSSR count). The summed E-state index contributed by atoms with van der Waals surface area (Å²) in [4.78, 5) is 14.8. The fraction of sp³-hybridized carbons (Fsp3) is 0. The fourth-order valence-electron chi connectivity index (χ4n) is 5.32. The standard InChI is InChI=1S/C35H21N3O/c1-2-9-24(10-3-1)33-36-34(26-16-14-22-8-4-5-11-25(22)20-26)38-35(37-33)27-17-15-23-18-19-29-28-12-6-7-13-31(28)39-32(29)30(23)21-27/h1-21H. The van der Waals surface area contributed by atoms with Crippen molar-refractivity contribution in [1.29, 1.82) is 0 Å². The summed E-state index contributed by atoms with van der Waals surface area (Å²) in [6.45, 7) is 0. The van der Waals surface area contributed by atoms with Gasteiger partial charge in [0.25, 0.3) is 0 Å². The Hall–Kier alpha value is -5.35. The summed E-state index contributed by atoms with van der Waals surface area (Å²) in [7, 11) is 0. The maximum absolute atomic E-state index is 6.33. The van der Waals surface area contributed by atoms with Crippen LogP contribution in [0.2, 0.25) is 0 Å². The Morgan fingerprint density at radius 3 is 1.82 bits per heavy atom. The zero-order chi connectivity index (χ0) is 25.8. The molecule has 0 N–H and O–H groups in total. The van der Waals surface area contributed by atoms with Gasteiger partial charge in [0.15, 0.2) is 17.5 Å². The minimum absolute atomic E-state index is 0.627. The molecular formula is C35H21N3O. The first-order valence-corrected chi connectivity index (χ1v) is 13.0. The number of furan rings is 1. The Labute approximate surface area is 224 Å². The van der Waals surface area contributed by atoms with Gasteiger partial charge in [-0.05, 0) is 40.4 Å². The fourth-order valence-corrected chi connectivity index (χ4v) is 5.32. The molecule has 0 saturated heterocycles. The van der Waals surface area contributed by atoms with Crippen LogP contribution in [0.5, 0.6) is 0 Å². The molecule has 0 amide bonds. The highest BCUT2D eigenvalue weighted by molar-refractivity contribution is 6.15. The Morgan fingerprint density at radius 1 is 0.385 bits per heavy atom. The number of aromatic nitrogens is 3. The van der Waals surface area contributed by atoms with E-state index in [1.165, 1.54) is 5.39 Å². The van der Waals surface area contributed by atoms with Crippen molar-refractivity contribution in [2.45, 2.75) is 0 Å². The molecule has 39 heavy (non-hydrogen) atoms. The summed E-state index contributed by atoms with van der Waals surface area (Å²) in [5.41, 5.74) is 4.58. The average Bonchev–Trinajstić information content (AvgIpc) is 3.40. The van der Waals surface area contributed by atoms with Crippen LogP contribution < -0.4 is 0 Å². The first-order chi connectivity index (χ1) is 19.3. The summed E-state index contributed by atoms with van der Waals surface area (Å²) >= 11 is 0. The first-order valence-electron chi connectivity index (χ1n) is 13.0. The number of hydrogen-bond donors (Lipinski definition) is 0. The van der Waals surface area contributed by atoms with Crippen LogP contribution in [0, 0.1) is 0 Å². The molecule has 0 radical (unpaired) electrons. The van der Waals surface area contributed by atoms with E-state index in [-0.39, 0.29) is 0 Å². The maximum Gasteiger partial charge on any atom is 0.164 e. The average molecular weight is 500 g/mol. The predicted molar refractivity (Wildman–Crippen MR) is 158 cm³/mol. The monoisotopic (exact) mass is 499 g/mol. The largest absolute Gasteiger partial charge is 0.455 e. The molecule has 0 aliphatic rings. The lowest BCUT2D eigenvalue weighted by molar-refractivity contribution is 0.672. The van der Waals surface area contributed by atoms with Gasteiger partial charge in [0.2, 0.25) is 0 Å². The second-order valence-corrected chi connectivity index (χ2v) is 9.71. The lowest BCUT2D eigenvalue weighted by atomic mass is 10.0. The van der Waals surface area contributed by atoms with Crippen LogP contribution in [0.4, 0.5) is 0 Å². The Bertz CT molecular complexity index is 2180. The van der Waals surface area contributed by atoms with E-state index < -0.39 is 0 Å². The van der Waals surface area contributed by atoms with Gasteiger partial charge in [0.05, 0.1) is 0 Å². The van der Waals surface area contributed by atoms with Gasteiger partial charge in [-0.15, -0.1) is 0 Å². The molecule has 0 aliphatic carbocycles. The lowest BCUT2D eigenvalue weighted by Crippen LogP contribution is -2.00. The van der Waals surface area contributed by atoms with Crippen molar-refractivity contribution < 1.29 is 4.42 Å². The van der Waals surface area contributed by atoms with E-state index in [9.17, 15) is 0 Å². The molecule has 4 heteroatoms. The van der Waals surface area contributed by atoms with Crippen molar-refractivity contribution in [2.24, 2.45) is 0 Å². The molecule has 182 valence electrons. The van der Waals surface area contributed by atoms with E-state index in [1.807, 2.05) is 54.6 Å². The summed E-state index contributed by atoms with van der Waals surface area (Å²) in [6, 6.07) is 43.5. The molecule has 2 heterocycles. The van der Waals surface area contributed by atoms with Crippen LogP contribution in [-0.2, 0) is 0 Å². The van der Waals surface area contributed by atoms with Crippen LogP contribution in [-0.4, -0.2) is 15.0 Å².